The summed E-state index contributed by atoms with van der Waals surface area (Å²) < 4.78 is 5.72. The van der Waals surface area contributed by atoms with Crippen molar-refractivity contribution < 1.29 is 9.53 Å². The van der Waals surface area contributed by atoms with E-state index in [9.17, 15) is 4.79 Å². The second-order valence-electron chi connectivity index (χ2n) is 7.90. The van der Waals surface area contributed by atoms with Crippen molar-refractivity contribution in [2.45, 2.75) is 52.5 Å². The van der Waals surface area contributed by atoms with Gasteiger partial charge in [0.25, 0.3) is 0 Å². The van der Waals surface area contributed by atoms with Crippen LogP contribution in [0.15, 0.2) is 24.3 Å². The number of rotatable bonds is 6. The molecule has 1 fully saturated rings. The van der Waals surface area contributed by atoms with Crippen molar-refractivity contribution in [3.8, 4) is 5.75 Å². The fraction of sp³-hybridized carbons (Fsp3) is 0.650. The number of halogens is 1. The number of hydrogen-bond acceptors (Lipinski definition) is 3. The predicted octanol–water partition coefficient (Wildman–Crippen LogP) is 3.54. The lowest BCUT2D eigenvalue weighted by atomic mass is 9.82. The van der Waals surface area contributed by atoms with Crippen molar-refractivity contribution in [2.75, 3.05) is 19.7 Å². The zero-order valence-corrected chi connectivity index (χ0v) is 16.9. The quantitative estimate of drug-likeness (QED) is 0.807. The van der Waals surface area contributed by atoms with Crippen LogP contribution in [0.4, 0.5) is 0 Å². The van der Waals surface area contributed by atoms with E-state index >= 15 is 0 Å². The first-order valence-corrected chi connectivity index (χ1v) is 9.05. The fourth-order valence-corrected chi connectivity index (χ4v) is 2.89. The minimum atomic E-state index is -0.562. The summed E-state index contributed by atoms with van der Waals surface area (Å²) in [5, 5.41) is 6.59. The van der Waals surface area contributed by atoms with Crippen LogP contribution in [0.5, 0.6) is 5.75 Å². The van der Waals surface area contributed by atoms with Crippen LogP contribution < -0.4 is 15.4 Å². The second kappa shape index (κ2) is 9.44. The fourth-order valence-electron chi connectivity index (χ4n) is 2.89. The van der Waals surface area contributed by atoms with E-state index < -0.39 is 5.41 Å². The second-order valence-corrected chi connectivity index (χ2v) is 7.90. The number of carbonyl (C=O) groups excluding carboxylic acids is 1. The normalized spacial score (nSPS) is 20.7. The Kier molecular flexibility index (Phi) is 8.23. The Bertz CT molecular complexity index is 543. The van der Waals surface area contributed by atoms with Crippen molar-refractivity contribution in [3.05, 3.63) is 29.8 Å². The molecule has 5 heteroatoms. The van der Waals surface area contributed by atoms with E-state index in [2.05, 4.69) is 31.4 Å². The van der Waals surface area contributed by atoms with Gasteiger partial charge in [-0.3, -0.25) is 4.79 Å². The third kappa shape index (κ3) is 5.89. The van der Waals surface area contributed by atoms with Crippen molar-refractivity contribution in [3.63, 3.8) is 0 Å². The maximum absolute atomic E-state index is 12.8. The van der Waals surface area contributed by atoms with E-state index in [0.29, 0.717) is 18.4 Å². The summed E-state index contributed by atoms with van der Waals surface area (Å²) in [6, 6.07) is 8.11. The third-order valence-corrected chi connectivity index (χ3v) is 4.87. The topological polar surface area (TPSA) is 50.4 Å². The summed E-state index contributed by atoms with van der Waals surface area (Å²) in [6.45, 7) is 13.0. The lowest BCUT2D eigenvalue weighted by Gasteiger charge is -2.33. The molecule has 0 spiro atoms. The van der Waals surface area contributed by atoms with Gasteiger partial charge in [-0.25, -0.2) is 0 Å². The number of amides is 1. The van der Waals surface area contributed by atoms with Crippen LogP contribution in [0.3, 0.4) is 0 Å². The molecule has 0 saturated carbocycles. The van der Waals surface area contributed by atoms with Crippen LogP contribution in [-0.2, 0) is 10.2 Å². The SMILES string of the molecule is CC(C)COc1ccc(C(C)(C)C(=O)NC2CNCCC2C)cc1.Cl. The molecule has 2 unspecified atom stereocenters. The highest BCUT2D eigenvalue weighted by Crippen LogP contribution is 2.26. The summed E-state index contributed by atoms with van der Waals surface area (Å²) >= 11 is 0. The number of nitrogens with one attached hydrogen (secondary N) is 2. The lowest BCUT2D eigenvalue weighted by Crippen LogP contribution is -2.54. The van der Waals surface area contributed by atoms with Crippen LogP contribution in [-0.4, -0.2) is 31.6 Å². The molecule has 1 aliphatic rings. The zero-order chi connectivity index (χ0) is 17.7. The van der Waals surface area contributed by atoms with Crippen molar-refractivity contribution >= 4 is 18.3 Å². The first kappa shape index (κ1) is 21.8. The molecule has 2 rings (SSSR count). The van der Waals surface area contributed by atoms with Crippen LogP contribution in [0, 0.1) is 11.8 Å². The smallest absolute Gasteiger partial charge is 0.230 e. The molecule has 2 atom stereocenters. The molecule has 1 saturated heterocycles. The Morgan fingerprint density at radius 2 is 1.96 bits per heavy atom. The van der Waals surface area contributed by atoms with Gasteiger partial charge >= 0.3 is 0 Å². The molecule has 1 aromatic carbocycles. The molecule has 4 nitrogen and oxygen atoms in total. The summed E-state index contributed by atoms with van der Waals surface area (Å²) in [7, 11) is 0. The molecule has 1 aromatic rings. The Hall–Kier alpha value is -1.26. The molecular formula is C20H33ClN2O2. The van der Waals surface area contributed by atoms with E-state index in [-0.39, 0.29) is 24.4 Å². The molecule has 1 aliphatic heterocycles. The molecule has 0 bridgehead atoms. The van der Waals surface area contributed by atoms with Crippen LogP contribution >= 0.6 is 12.4 Å². The van der Waals surface area contributed by atoms with E-state index in [1.807, 2.05) is 38.1 Å². The molecular weight excluding hydrogens is 336 g/mol. The third-order valence-electron chi connectivity index (χ3n) is 4.87. The summed E-state index contributed by atoms with van der Waals surface area (Å²) in [4.78, 5) is 12.8. The van der Waals surface area contributed by atoms with Gasteiger partial charge < -0.3 is 15.4 Å². The maximum Gasteiger partial charge on any atom is 0.230 e. The Morgan fingerprint density at radius 1 is 1.32 bits per heavy atom. The number of benzene rings is 1. The first-order chi connectivity index (χ1) is 11.3. The van der Waals surface area contributed by atoms with Gasteiger partial charge in [-0.2, -0.15) is 0 Å². The number of hydrogen-bond donors (Lipinski definition) is 2. The highest BCUT2D eigenvalue weighted by Gasteiger charge is 2.33. The van der Waals surface area contributed by atoms with Gasteiger partial charge in [0, 0.05) is 12.6 Å². The number of carbonyl (C=O) groups is 1. The van der Waals surface area contributed by atoms with Crippen molar-refractivity contribution in [1.29, 1.82) is 0 Å². The van der Waals surface area contributed by atoms with Crippen LogP contribution in [0.2, 0.25) is 0 Å². The largest absolute Gasteiger partial charge is 0.493 e. The van der Waals surface area contributed by atoms with Crippen molar-refractivity contribution in [1.82, 2.24) is 10.6 Å². The Morgan fingerprint density at radius 3 is 2.52 bits per heavy atom. The maximum atomic E-state index is 12.8. The standard InChI is InChI=1S/C20H32N2O2.ClH/c1-14(2)13-24-17-8-6-16(7-9-17)20(4,5)19(23)22-18-12-21-11-10-15(18)3;/h6-9,14-15,18,21H,10-13H2,1-5H3,(H,22,23);1H. The molecule has 1 heterocycles. The molecule has 0 radical (unpaired) electrons. The van der Waals surface area contributed by atoms with Crippen LogP contribution in [0.1, 0.15) is 46.6 Å². The highest BCUT2D eigenvalue weighted by atomic mass is 35.5. The minimum Gasteiger partial charge on any atom is -0.493 e. The average molecular weight is 369 g/mol. The van der Waals surface area contributed by atoms with E-state index in [0.717, 1.165) is 30.8 Å². The molecule has 0 aliphatic carbocycles. The summed E-state index contributed by atoms with van der Waals surface area (Å²) in [5.74, 6) is 1.95. The number of piperidine rings is 1. The van der Waals surface area contributed by atoms with Gasteiger partial charge in [-0.05, 0) is 56.3 Å². The first-order valence-electron chi connectivity index (χ1n) is 9.05. The van der Waals surface area contributed by atoms with E-state index in [4.69, 9.17) is 4.74 Å². The van der Waals surface area contributed by atoms with Gasteiger partial charge in [0.05, 0.1) is 12.0 Å². The monoisotopic (exact) mass is 368 g/mol. The van der Waals surface area contributed by atoms with Gasteiger partial charge in [-0.15, -0.1) is 12.4 Å². The van der Waals surface area contributed by atoms with Gasteiger partial charge in [0.2, 0.25) is 5.91 Å². The van der Waals surface area contributed by atoms with Crippen molar-refractivity contribution in [2.24, 2.45) is 11.8 Å². The molecule has 0 aromatic heterocycles. The van der Waals surface area contributed by atoms with E-state index in [1.54, 1.807) is 0 Å². The number of ether oxygens (including phenoxy) is 1. The van der Waals surface area contributed by atoms with Gasteiger partial charge in [0.15, 0.2) is 0 Å². The van der Waals surface area contributed by atoms with Gasteiger partial charge in [-0.1, -0.05) is 32.9 Å². The minimum absolute atomic E-state index is 0. The van der Waals surface area contributed by atoms with Crippen LogP contribution in [0.25, 0.3) is 0 Å². The molecule has 25 heavy (non-hydrogen) atoms. The van der Waals surface area contributed by atoms with Gasteiger partial charge in [0.1, 0.15) is 5.75 Å². The molecule has 2 N–H and O–H groups in total. The average Bonchev–Trinajstić information content (AvgIpc) is 2.55. The Balaban J connectivity index is 0.00000312. The lowest BCUT2D eigenvalue weighted by molar-refractivity contribution is -0.126. The highest BCUT2D eigenvalue weighted by molar-refractivity contribution is 5.87. The summed E-state index contributed by atoms with van der Waals surface area (Å²) in [5.41, 5.74) is 0.446. The predicted molar refractivity (Wildman–Crippen MR) is 106 cm³/mol. The van der Waals surface area contributed by atoms with E-state index in [1.165, 1.54) is 0 Å². The summed E-state index contributed by atoms with van der Waals surface area (Å²) in [6.07, 6.45) is 1.10. The Labute approximate surface area is 158 Å². The zero-order valence-electron chi connectivity index (χ0n) is 16.1. The molecule has 142 valence electrons. The molecule has 1 amide bonds.